The molecule has 1 heterocycles. The molecule has 0 atom stereocenters. The van der Waals surface area contributed by atoms with E-state index in [0.29, 0.717) is 10.4 Å². The summed E-state index contributed by atoms with van der Waals surface area (Å²) in [4.78, 5) is 0.824. The van der Waals surface area contributed by atoms with Crippen molar-refractivity contribution in [2.75, 3.05) is 0 Å². The monoisotopic (exact) mass is 283 g/mol. The molecule has 0 radical (unpaired) electrons. The number of nitrogens with zero attached hydrogens (tertiary/aromatic N) is 2. The molecule has 1 aromatic carbocycles. The molecule has 0 bridgehead atoms. The van der Waals surface area contributed by atoms with Crippen molar-refractivity contribution in [3.05, 3.63) is 30.0 Å². The van der Waals surface area contributed by atoms with Crippen molar-refractivity contribution in [1.82, 2.24) is 9.59 Å². The number of hydrogen-bond acceptors (Lipinski definition) is 5. The zero-order valence-electron chi connectivity index (χ0n) is 9.83. The van der Waals surface area contributed by atoms with E-state index in [1.807, 2.05) is 6.07 Å². The van der Waals surface area contributed by atoms with Crippen molar-refractivity contribution in [3.8, 4) is 10.4 Å². The summed E-state index contributed by atoms with van der Waals surface area (Å²) >= 11 is 1.15. The van der Waals surface area contributed by atoms with Gasteiger partial charge in [-0.1, -0.05) is 23.9 Å². The van der Waals surface area contributed by atoms with E-state index in [2.05, 4.69) is 16.5 Å². The minimum absolute atomic E-state index is 0.119. The second kappa shape index (κ2) is 5.13. The first-order valence-electron chi connectivity index (χ1n) is 5.46. The van der Waals surface area contributed by atoms with E-state index in [4.69, 9.17) is 5.14 Å². The number of aromatic nitrogens is 2. The Balaban J connectivity index is 2.61. The van der Waals surface area contributed by atoms with Crippen molar-refractivity contribution in [3.63, 3.8) is 0 Å². The number of aryl methyl sites for hydroxylation is 1. The van der Waals surface area contributed by atoms with E-state index in [1.54, 1.807) is 18.3 Å². The molecule has 7 heteroatoms. The van der Waals surface area contributed by atoms with Gasteiger partial charge in [0.05, 0.1) is 16.0 Å². The molecule has 0 aliphatic rings. The van der Waals surface area contributed by atoms with Gasteiger partial charge in [-0.2, -0.15) is 0 Å². The van der Waals surface area contributed by atoms with Crippen LogP contribution < -0.4 is 5.14 Å². The van der Waals surface area contributed by atoms with Gasteiger partial charge in [0.15, 0.2) is 0 Å². The van der Waals surface area contributed by atoms with Gasteiger partial charge in [-0.15, -0.1) is 5.10 Å². The normalized spacial score (nSPS) is 11.7. The van der Waals surface area contributed by atoms with Crippen LogP contribution in [0.1, 0.15) is 18.9 Å². The Morgan fingerprint density at radius 1 is 1.39 bits per heavy atom. The highest BCUT2D eigenvalue weighted by Gasteiger charge is 2.17. The Morgan fingerprint density at radius 3 is 2.72 bits per heavy atom. The summed E-state index contributed by atoms with van der Waals surface area (Å²) in [5, 5.41) is 8.95. The first-order chi connectivity index (χ1) is 8.52. The second-order valence-corrected chi connectivity index (χ2v) is 6.22. The SMILES string of the molecule is CCCc1ccc(S(N)(=O)=O)c(-c2cnns2)c1. The van der Waals surface area contributed by atoms with Crippen LogP contribution in [0.15, 0.2) is 29.3 Å². The quantitative estimate of drug-likeness (QED) is 0.927. The Labute approximate surface area is 110 Å². The molecular weight excluding hydrogens is 270 g/mol. The van der Waals surface area contributed by atoms with Crippen molar-refractivity contribution in [1.29, 1.82) is 0 Å². The first-order valence-corrected chi connectivity index (χ1v) is 7.78. The minimum Gasteiger partial charge on any atom is -0.225 e. The van der Waals surface area contributed by atoms with Crippen LogP contribution >= 0.6 is 11.5 Å². The zero-order chi connectivity index (χ0) is 13.2. The summed E-state index contributed by atoms with van der Waals surface area (Å²) in [7, 11) is -3.74. The zero-order valence-corrected chi connectivity index (χ0v) is 11.5. The Bertz CT molecular complexity index is 636. The molecule has 1 aromatic heterocycles. The maximum absolute atomic E-state index is 11.6. The molecule has 2 N–H and O–H groups in total. The molecule has 0 spiro atoms. The van der Waals surface area contributed by atoms with E-state index < -0.39 is 10.0 Å². The van der Waals surface area contributed by atoms with Crippen molar-refractivity contribution < 1.29 is 8.42 Å². The molecule has 18 heavy (non-hydrogen) atoms. The third-order valence-corrected chi connectivity index (χ3v) is 4.18. The van der Waals surface area contributed by atoms with E-state index >= 15 is 0 Å². The highest BCUT2D eigenvalue weighted by atomic mass is 32.2. The fourth-order valence-corrected chi connectivity index (χ4v) is 3.09. The summed E-state index contributed by atoms with van der Waals surface area (Å²) < 4.78 is 26.9. The van der Waals surface area contributed by atoms with Crippen molar-refractivity contribution in [2.24, 2.45) is 5.14 Å². The number of hydrogen-bond donors (Lipinski definition) is 1. The molecule has 96 valence electrons. The number of rotatable bonds is 4. The molecule has 5 nitrogen and oxygen atoms in total. The molecule has 0 fully saturated rings. The molecule has 0 aliphatic heterocycles. The predicted octanol–water partition coefficient (Wildman–Crippen LogP) is 1.81. The highest BCUT2D eigenvalue weighted by Crippen LogP contribution is 2.29. The van der Waals surface area contributed by atoms with Gasteiger partial charge in [0.25, 0.3) is 0 Å². The van der Waals surface area contributed by atoms with Crippen LogP contribution in [0.2, 0.25) is 0 Å². The standard InChI is InChI=1S/C11H13N3O2S2/c1-2-3-8-4-5-11(18(12,15)16)9(6-8)10-7-13-14-17-10/h4-7H,2-3H2,1H3,(H2,12,15,16). The third-order valence-electron chi connectivity index (χ3n) is 2.52. The topological polar surface area (TPSA) is 85.9 Å². The maximum atomic E-state index is 11.6. The summed E-state index contributed by atoms with van der Waals surface area (Å²) in [6, 6.07) is 5.19. The van der Waals surface area contributed by atoms with Crippen LogP contribution in [-0.2, 0) is 16.4 Å². The van der Waals surface area contributed by atoms with Gasteiger partial charge < -0.3 is 0 Å². The third kappa shape index (κ3) is 2.74. The Morgan fingerprint density at radius 2 is 2.17 bits per heavy atom. The molecule has 0 saturated carbocycles. The first kappa shape index (κ1) is 13.1. The molecular formula is C11H13N3O2S2. The van der Waals surface area contributed by atoms with E-state index in [9.17, 15) is 8.42 Å². The Hall–Kier alpha value is -1.31. The number of benzene rings is 1. The lowest BCUT2D eigenvalue weighted by atomic mass is 10.1. The highest BCUT2D eigenvalue weighted by molar-refractivity contribution is 7.89. The van der Waals surface area contributed by atoms with Gasteiger partial charge in [0.2, 0.25) is 10.0 Å². The van der Waals surface area contributed by atoms with Gasteiger partial charge in [-0.25, -0.2) is 13.6 Å². The van der Waals surface area contributed by atoms with Gasteiger partial charge in [-0.05, 0) is 35.6 Å². The molecule has 2 rings (SSSR count). The average Bonchev–Trinajstić information content (AvgIpc) is 2.81. The lowest BCUT2D eigenvalue weighted by Gasteiger charge is -2.07. The number of primary sulfonamides is 1. The van der Waals surface area contributed by atoms with E-state index in [-0.39, 0.29) is 4.90 Å². The largest absolute Gasteiger partial charge is 0.238 e. The number of sulfonamides is 1. The van der Waals surface area contributed by atoms with Crippen LogP contribution in [0.5, 0.6) is 0 Å². The maximum Gasteiger partial charge on any atom is 0.238 e. The lowest BCUT2D eigenvalue weighted by molar-refractivity contribution is 0.598. The van der Waals surface area contributed by atoms with Crippen molar-refractivity contribution in [2.45, 2.75) is 24.7 Å². The summed E-state index contributed by atoms with van der Waals surface area (Å²) in [6.45, 7) is 2.07. The van der Waals surface area contributed by atoms with Gasteiger partial charge in [0.1, 0.15) is 0 Å². The molecule has 0 saturated heterocycles. The smallest absolute Gasteiger partial charge is 0.225 e. The van der Waals surface area contributed by atoms with E-state index in [0.717, 1.165) is 29.9 Å². The van der Waals surface area contributed by atoms with Crippen LogP contribution in [0.3, 0.4) is 0 Å². The van der Waals surface area contributed by atoms with Crippen LogP contribution in [-0.4, -0.2) is 18.0 Å². The summed E-state index contributed by atoms with van der Waals surface area (Å²) in [5.74, 6) is 0. The molecule has 0 unspecified atom stereocenters. The van der Waals surface area contributed by atoms with Gasteiger partial charge >= 0.3 is 0 Å². The molecule has 2 aromatic rings. The van der Waals surface area contributed by atoms with Gasteiger partial charge in [-0.3, -0.25) is 0 Å². The predicted molar refractivity (Wildman–Crippen MR) is 70.7 cm³/mol. The summed E-state index contributed by atoms with van der Waals surface area (Å²) in [5.41, 5.74) is 1.66. The average molecular weight is 283 g/mol. The van der Waals surface area contributed by atoms with Crippen LogP contribution in [0.4, 0.5) is 0 Å². The summed E-state index contributed by atoms with van der Waals surface area (Å²) in [6.07, 6.45) is 3.43. The molecule has 0 aliphatic carbocycles. The molecule has 0 amide bonds. The van der Waals surface area contributed by atoms with Crippen LogP contribution in [0, 0.1) is 0 Å². The lowest BCUT2D eigenvalue weighted by Crippen LogP contribution is -2.13. The minimum atomic E-state index is -3.74. The van der Waals surface area contributed by atoms with Crippen molar-refractivity contribution >= 4 is 21.6 Å². The van der Waals surface area contributed by atoms with E-state index in [1.165, 1.54) is 0 Å². The van der Waals surface area contributed by atoms with Gasteiger partial charge in [0, 0.05) is 5.56 Å². The fraction of sp³-hybridized carbons (Fsp3) is 0.273. The number of nitrogens with two attached hydrogens (primary N) is 1. The van der Waals surface area contributed by atoms with Crippen LogP contribution in [0.25, 0.3) is 10.4 Å². The fourth-order valence-electron chi connectivity index (χ4n) is 1.75. The Kier molecular flexibility index (Phi) is 3.74. The second-order valence-electron chi connectivity index (χ2n) is 3.91.